The number of phenols is 1. The molecule has 0 aliphatic carbocycles. The van der Waals surface area contributed by atoms with E-state index in [0.29, 0.717) is 31.0 Å². The number of thiazole rings is 1. The number of hydrogen-bond acceptors (Lipinski definition) is 6. The molecule has 0 fully saturated rings. The number of phenolic OH excluding ortho intramolecular Hbond substituents is 1. The van der Waals surface area contributed by atoms with Crippen molar-refractivity contribution in [3.8, 4) is 11.5 Å². The fourth-order valence-electron chi connectivity index (χ4n) is 2.73. The highest BCUT2D eigenvalue weighted by molar-refractivity contribution is 7.09. The Balaban J connectivity index is 1.65. The first-order chi connectivity index (χ1) is 14.5. The molecule has 1 aromatic carbocycles. The van der Waals surface area contributed by atoms with Crippen molar-refractivity contribution in [2.75, 3.05) is 6.61 Å². The maximum Gasteiger partial charge on any atom is 0.271 e. The van der Waals surface area contributed by atoms with Crippen LogP contribution in [0.2, 0.25) is 0 Å². The van der Waals surface area contributed by atoms with Crippen LogP contribution in [0.3, 0.4) is 0 Å². The monoisotopic (exact) mass is 421 g/mol. The molecule has 0 unspecified atom stereocenters. The molecule has 0 aliphatic rings. The Morgan fingerprint density at radius 1 is 1.37 bits per heavy atom. The van der Waals surface area contributed by atoms with Crippen molar-refractivity contribution in [3.05, 3.63) is 94.2 Å². The largest absolute Gasteiger partial charge is 0.508 e. The van der Waals surface area contributed by atoms with Crippen LogP contribution in [0, 0.1) is 0 Å². The van der Waals surface area contributed by atoms with Gasteiger partial charge in [-0.15, -0.1) is 11.3 Å². The van der Waals surface area contributed by atoms with Crippen LogP contribution in [0.4, 0.5) is 0 Å². The van der Waals surface area contributed by atoms with Crippen LogP contribution in [-0.2, 0) is 13.0 Å². The maximum absolute atomic E-state index is 12.4. The van der Waals surface area contributed by atoms with Gasteiger partial charge in [-0.25, -0.2) is 4.98 Å². The molecule has 2 N–H and O–H groups in total. The second-order valence-corrected chi connectivity index (χ2v) is 7.53. The molecule has 0 saturated heterocycles. The summed E-state index contributed by atoms with van der Waals surface area (Å²) in [6.45, 7) is 6.59. The summed E-state index contributed by atoms with van der Waals surface area (Å²) in [4.78, 5) is 20.8. The lowest BCUT2D eigenvalue weighted by Gasteiger charge is -2.11. The molecule has 0 spiro atoms. The number of rotatable bonds is 9. The molecule has 3 rings (SSSR count). The highest BCUT2D eigenvalue weighted by Crippen LogP contribution is 2.27. The van der Waals surface area contributed by atoms with Crippen LogP contribution in [0.15, 0.2) is 72.4 Å². The van der Waals surface area contributed by atoms with Gasteiger partial charge in [-0.1, -0.05) is 24.8 Å². The van der Waals surface area contributed by atoms with Gasteiger partial charge >= 0.3 is 0 Å². The third-order valence-electron chi connectivity index (χ3n) is 4.16. The molecule has 0 aliphatic heterocycles. The standard InChI is InChI=1S/C23H23N3O3S/c1-3-5-16(2)14-29-21-8-7-19(27)10-18(21)11-22-26-20(15-30-22)23(28)25-13-17-6-4-9-24-12-17/h3-10,12,15,27H,2,11,13-14H2,1H3,(H,25,28)/b5-3-. The van der Waals surface area contributed by atoms with Crippen molar-refractivity contribution in [1.82, 2.24) is 15.3 Å². The van der Waals surface area contributed by atoms with E-state index in [1.807, 2.05) is 31.2 Å². The summed E-state index contributed by atoms with van der Waals surface area (Å²) in [5, 5.41) is 15.2. The summed E-state index contributed by atoms with van der Waals surface area (Å²) in [5.41, 5.74) is 2.92. The van der Waals surface area contributed by atoms with Gasteiger partial charge in [0.25, 0.3) is 5.91 Å². The summed E-state index contributed by atoms with van der Waals surface area (Å²) in [6, 6.07) is 8.68. The number of ether oxygens (including phenoxy) is 1. The summed E-state index contributed by atoms with van der Waals surface area (Å²) in [5.74, 6) is 0.559. The number of carbonyl (C=O) groups is 1. The van der Waals surface area contributed by atoms with Crippen LogP contribution in [0.5, 0.6) is 11.5 Å². The first kappa shape index (κ1) is 21.3. The van der Waals surface area contributed by atoms with E-state index in [2.05, 4.69) is 21.9 Å². The zero-order valence-corrected chi connectivity index (χ0v) is 17.5. The Bertz CT molecular complexity index is 1040. The molecule has 1 amide bonds. The SMILES string of the molecule is C=C(/C=C\C)COc1ccc(O)cc1Cc1nc(C(=O)NCc2cccnc2)cs1. The Labute approximate surface area is 179 Å². The smallest absolute Gasteiger partial charge is 0.271 e. The number of carbonyl (C=O) groups excluding carboxylic acids is 1. The number of amides is 1. The van der Waals surface area contributed by atoms with Gasteiger partial charge in [-0.2, -0.15) is 0 Å². The summed E-state index contributed by atoms with van der Waals surface area (Å²) in [7, 11) is 0. The Hall–Kier alpha value is -3.45. The van der Waals surface area contributed by atoms with Gasteiger partial charge in [0.15, 0.2) is 0 Å². The second-order valence-electron chi connectivity index (χ2n) is 6.59. The third-order valence-corrected chi connectivity index (χ3v) is 5.01. The predicted octanol–water partition coefficient (Wildman–Crippen LogP) is 4.28. The van der Waals surface area contributed by atoms with Crippen molar-refractivity contribution >= 4 is 17.2 Å². The van der Waals surface area contributed by atoms with Gasteiger partial charge in [0.1, 0.15) is 23.8 Å². The van der Waals surface area contributed by atoms with Crippen LogP contribution in [-0.4, -0.2) is 27.6 Å². The van der Waals surface area contributed by atoms with E-state index in [-0.39, 0.29) is 11.7 Å². The van der Waals surface area contributed by atoms with E-state index in [1.165, 1.54) is 11.3 Å². The quantitative estimate of drug-likeness (QED) is 0.504. The van der Waals surface area contributed by atoms with E-state index in [9.17, 15) is 9.90 Å². The van der Waals surface area contributed by atoms with Crippen LogP contribution in [0.1, 0.15) is 33.5 Å². The van der Waals surface area contributed by atoms with Crippen molar-refractivity contribution in [1.29, 1.82) is 0 Å². The molecule has 3 aromatic rings. The normalized spacial score (nSPS) is 10.8. The number of aromatic nitrogens is 2. The second kappa shape index (κ2) is 10.4. The van der Waals surface area contributed by atoms with Gasteiger partial charge in [-0.05, 0) is 42.3 Å². The van der Waals surface area contributed by atoms with E-state index >= 15 is 0 Å². The first-order valence-electron chi connectivity index (χ1n) is 9.42. The number of nitrogens with zero attached hydrogens (tertiary/aromatic N) is 2. The molecular weight excluding hydrogens is 398 g/mol. The van der Waals surface area contributed by atoms with Gasteiger partial charge in [0.05, 0.1) is 5.01 Å². The average molecular weight is 422 g/mol. The molecular formula is C23H23N3O3S. The van der Waals surface area contributed by atoms with Crippen molar-refractivity contribution < 1.29 is 14.6 Å². The summed E-state index contributed by atoms with van der Waals surface area (Å²) >= 11 is 1.39. The highest BCUT2D eigenvalue weighted by Gasteiger charge is 2.13. The Morgan fingerprint density at radius 2 is 2.23 bits per heavy atom. The number of aromatic hydroxyl groups is 1. The topological polar surface area (TPSA) is 84.3 Å². The zero-order valence-electron chi connectivity index (χ0n) is 16.7. The molecule has 7 heteroatoms. The first-order valence-corrected chi connectivity index (χ1v) is 10.3. The number of allylic oxidation sites excluding steroid dienone is 1. The Kier molecular flexibility index (Phi) is 7.34. The number of benzene rings is 1. The average Bonchev–Trinajstić information content (AvgIpc) is 3.21. The highest BCUT2D eigenvalue weighted by atomic mass is 32.1. The molecule has 30 heavy (non-hydrogen) atoms. The molecule has 6 nitrogen and oxygen atoms in total. The van der Waals surface area contributed by atoms with E-state index in [0.717, 1.165) is 21.7 Å². The van der Waals surface area contributed by atoms with Gasteiger partial charge in [0.2, 0.25) is 0 Å². The fourth-order valence-corrected chi connectivity index (χ4v) is 3.53. The third kappa shape index (κ3) is 6.02. The minimum atomic E-state index is -0.239. The number of pyridine rings is 1. The van der Waals surface area contributed by atoms with E-state index in [4.69, 9.17) is 4.74 Å². The van der Waals surface area contributed by atoms with Crippen LogP contribution < -0.4 is 10.1 Å². The van der Waals surface area contributed by atoms with E-state index in [1.54, 1.807) is 36.0 Å². The molecule has 2 heterocycles. The van der Waals surface area contributed by atoms with Crippen LogP contribution >= 0.6 is 11.3 Å². The van der Waals surface area contributed by atoms with Crippen molar-refractivity contribution in [3.63, 3.8) is 0 Å². The predicted molar refractivity (Wildman–Crippen MR) is 118 cm³/mol. The zero-order chi connectivity index (χ0) is 21.3. The number of nitrogens with one attached hydrogen (secondary N) is 1. The molecule has 154 valence electrons. The minimum Gasteiger partial charge on any atom is -0.508 e. The molecule has 0 radical (unpaired) electrons. The summed E-state index contributed by atoms with van der Waals surface area (Å²) in [6.07, 6.45) is 7.63. The minimum absolute atomic E-state index is 0.149. The van der Waals surface area contributed by atoms with Gasteiger partial charge in [-0.3, -0.25) is 9.78 Å². The van der Waals surface area contributed by atoms with Gasteiger partial charge < -0.3 is 15.2 Å². The van der Waals surface area contributed by atoms with Gasteiger partial charge in [0, 0.05) is 36.3 Å². The molecule has 0 bridgehead atoms. The lowest BCUT2D eigenvalue weighted by molar-refractivity contribution is 0.0946. The van der Waals surface area contributed by atoms with Crippen LogP contribution in [0.25, 0.3) is 0 Å². The fraction of sp³-hybridized carbons (Fsp3) is 0.174. The summed E-state index contributed by atoms with van der Waals surface area (Å²) < 4.78 is 5.85. The van der Waals surface area contributed by atoms with Crippen molar-refractivity contribution in [2.24, 2.45) is 0 Å². The molecule has 2 aromatic heterocycles. The van der Waals surface area contributed by atoms with Crippen molar-refractivity contribution in [2.45, 2.75) is 19.9 Å². The Morgan fingerprint density at radius 3 is 3.00 bits per heavy atom. The number of hydrogen-bond donors (Lipinski definition) is 2. The lowest BCUT2D eigenvalue weighted by atomic mass is 10.1. The van der Waals surface area contributed by atoms with E-state index < -0.39 is 0 Å². The lowest BCUT2D eigenvalue weighted by Crippen LogP contribution is -2.23. The maximum atomic E-state index is 12.4. The molecule has 0 saturated carbocycles. The molecule has 0 atom stereocenters.